The van der Waals surface area contributed by atoms with Crippen LogP contribution in [-0.4, -0.2) is 22.3 Å². The Morgan fingerprint density at radius 3 is 2.85 bits per heavy atom. The first-order chi connectivity index (χ1) is 6.24. The summed E-state index contributed by atoms with van der Waals surface area (Å²) in [5.74, 6) is 0.432. The molecule has 0 unspecified atom stereocenters. The van der Waals surface area contributed by atoms with E-state index in [0.29, 0.717) is 11.9 Å². The molecule has 0 radical (unpaired) electrons. The Kier molecular flexibility index (Phi) is 1.88. The van der Waals surface area contributed by atoms with Gasteiger partial charge in [0, 0.05) is 13.0 Å². The Balaban J connectivity index is 1.85. The van der Waals surface area contributed by atoms with Crippen molar-refractivity contribution in [1.29, 1.82) is 0 Å². The lowest BCUT2D eigenvalue weighted by Gasteiger charge is -2.00. The van der Waals surface area contributed by atoms with Crippen molar-refractivity contribution in [2.75, 3.05) is 5.32 Å². The first kappa shape index (κ1) is 8.03. The number of hydrogen-bond acceptors (Lipinski definition) is 4. The van der Waals surface area contributed by atoms with Gasteiger partial charge in [0.25, 0.3) is 0 Å². The number of rotatable bonds is 2. The molecule has 1 heterocycles. The fraction of sp³-hybridized carbons (Fsp3) is 0.571. The number of carbonyl (C=O) groups is 1. The smallest absolute Gasteiger partial charge is 0.323 e. The van der Waals surface area contributed by atoms with E-state index in [4.69, 9.17) is 4.42 Å². The maximum Gasteiger partial charge on any atom is 0.323 e. The van der Waals surface area contributed by atoms with Crippen molar-refractivity contribution in [2.24, 2.45) is 0 Å². The average Bonchev–Trinajstić information content (AvgIpc) is 2.76. The van der Waals surface area contributed by atoms with Gasteiger partial charge < -0.3 is 9.73 Å². The van der Waals surface area contributed by atoms with Crippen molar-refractivity contribution in [3.63, 3.8) is 0 Å². The van der Waals surface area contributed by atoms with E-state index in [1.807, 2.05) is 0 Å². The highest BCUT2D eigenvalue weighted by Crippen LogP contribution is 2.18. The molecule has 0 saturated heterocycles. The first-order valence-electron chi connectivity index (χ1n) is 4.11. The Bertz CT molecular complexity index is 318. The molecule has 0 atom stereocenters. The summed E-state index contributed by atoms with van der Waals surface area (Å²) in [7, 11) is 0. The molecular weight excluding hydrogens is 172 g/mol. The molecule has 2 rings (SSSR count). The lowest BCUT2D eigenvalue weighted by molar-refractivity contribution is 0.251. The second-order valence-electron chi connectivity index (χ2n) is 3.00. The molecule has 1 aromatic heterocycles. The van der Waals surface area contributed by atoms with Crippen LogP contribution >= 0.6 is 0 Å². The monoisotopic (exact) mass is 182 g/mol. The molecule has 6 nitrogen and oxygen atoms in total. The molecule has 1 saturated carbocycles. The van der Waals surface area contributed by atoms with Crippen LogP contribution in [-0.2, 0) is 0 Å². The second-order valence-corrected chi connectivity index (χ2v) is 3.00. The van der Waals surface area contributed by atoms with Gasteiger partial charge in [-0.2, -0.15) is 0 Å². The van der Waals surface area contributed by atoms with Crippen molar-refractivity contribution >= 4 is 12.0 Å². The molecule has 0 spiro atoms. The summed E-state index contributed by atoms with van der Waals surface area (Å²) in [6.45, 7) is 1.66. The van der Waals surface area contributed by atoms with Gasteiger partial charge >= 0.3 is 12.0 Å². The van der Waals surface area contributed by atoms with Gasteiger partial charge in [0.05, 0.1) is 0 Å². The average molecular weight is 182 g/mol. The van der Waals surface area contributed by atoms with Crippen LogP contribution in [0.1, 0.15) is 18.7 Å². The number of nitrogens with one attached hydrogen (secondary N) is 2. The Morgan fingerprint density at radius 1 is 1.54 bits per heavy atom. The molecule has 1 aliphatic carbocycles. The lowest BCUT2D eigenvalue weighted by atomic mass is 10.7. The number of amides is 2. The summed E-state index contributed by atoms with van der Waals surface area (Å²) in [4.78, 5) is 11.1. The fourth-order valence-electron chi connectivity index (χ4n) is 0.893. The van der Waals surface area contributed by atoms with Gasteiger partial charge in [-0.25, -0.2) is 4.79 Å². The summed E-state index contributed by atoms with van der Waals surface area (Å²) in [5, 5.41) is 12.4. The summed E-state index contributed by atoms with van der Waals surface area (Å²) < 4.78 is 4.96. The maximum absolute atomic E-state index is 11.1. The molecule has 6 heteroatoms. The molecule has 1 aliphatic rings. The number of carbonyl (C=O) groups excluding carboxylic acids is 1. The van der Waals surface area contributed by atoms with Crippen LogP contribution < -0.4 is 10.6 Å². The van der Waals surface area contributed by atoms with Gasteiger partial charge in [-0.1, -0.05) is 5.10 Å². The Hall–Kier alpha value is -1.59. The Labute approximate surface area is 74.7 Å². The summed E-state index contributed by atoms with van der Waals surface area (Å²) >= 11 is 0. The predicted octanol–water partition coefficient (Wildman–Crippen LogP) is 0.662. The van der Waals surface area contributed by atoms with E-state index in [0.717, 1.165) is 12.8 Å². The van der Waals surface area contributed by atoms with Crippen LogP contribution in [0.25, 0.3) is 0 Å². The van der Waals surface area contributed by atoms with Crippen molar-refractivity contribution in [3.05, 3.63) is 5.89 Å². The normalized spacial score (nSPS) is 15.5. The third kappa shape index (κ3) is 2.17. The third-order valence-electron chi connectivity index (χ3n) is 1.66. The van der Waals surface area contributed by atoms with Crippen LogP contribution in [0.4, 0.5) is 10.8 Å². The highest BCUT2D eigenvalue weighted by atomic mass is 16.4. The van der Waals surface area contributed by atoms with E-state index in [9.17, 15) is 4.79 Å². The molecule has 13 heavy (non-hydrogen) atoms. The van der Waals surface area contributed by atoms with E-state index in [-0.39, 0.29) is 12.0 Å². The molecule has 70 valence electrons. The zero-order chi connectivity index (χ0) is 9.26. The van der Waals surface area contributed by atoms with Gasteiger partial charge in [0.2, 0.25) is 5.89 Å². The minimum atomic E-state index is -0.286. The van der Waals surface area contributed by atoms with Crippen LogP contribution in [0.15, 0.2) is 4.42 Å². The van der Waals surface area contributed by atoms with Crippen molar-refractivity contribution in [2.45, 2.75) is 25.8 Å². The van der Waals surface area contributed by atoms with E-state index >= 15 is 0 Å². The van der Waals surface area contributed by atoms with Crippen molar-refractivity contribution < 1.29 is 9.21 Å². The first-order valence-corrected chi connectivity index (χ1v) is 4.11. The molecular formula is C7H10N4O2. The molecule has 2 N–H and O–H groups in total. The van der Waals surface area contributed by atoms with Crippen molar-refractivity contribution in [1.82, 2.24) is 15.5 Å². The van der Waals surface area contributed by atoms with Gasteiger partial charge in [0.15, 0.2) is 0 Å². The topological polar surface area (TPSA) is 80.0 Å². The number of anilines is 1. The van der Waals surface area contributed by atoms with E-state index in [1.54, 1.807) is 6.92 Å². The summed E-state index contributed by atoms with van der Waals surface area (Å²) in [5.41, 5.74) is 0. The molecule has 1 aromatic rings. The number of urea groups is 1. The molecule has 2 amide bonds. The summed E-state index contributed by atoms with van der Waals surface area (Å²) in [6.07, 6.45) is 2.10. The highest BCUT2D eigenvalue weighted by Gasteiger charge is 2.23. The predicted molar refractivity (Wildman–Crippen MR) is 44.2 cm³/mol. The number of aryl methyl sites for hydroxylation is 1. The highest BCUT2D eigenvalue weighted by molar-refractivity contribution is 5.87. The zero-order valence-electron chi connectivity index (χ0n) is 7.20. The van der Waals surface area contributed by atoms with Gasteiger partial charge in [-0.3, -0.25) is 5.32 Å². The van der Waals surface area contributed by atoms with Crippen LogP contribution in [0.3, 0.4) is 0 Å². The number of nitrogens with zero attached hydrogens (tertiary/aromatic N) is 2. The molecule has 0 bridgehead atoms. The number of aromatic nitrogens is 2. The SMILES string of the molecule is Cc1nnc(NC(=O)NC2CC2)o1. The fourth-order valence-corrected chi connectivity index (χ4v) is 0.893. The number of hydrogen-bond donors (Lipinski definition) is 2. The van der Waals surface area contributed by atoms with Crippen LogP contribution in [0, 0.1) is 6.92 Å². The second kappa shape index (κ2) is 3.04. The minimum absolute atomic E-state index is 0.135. The standard InChI is InChI=1S/C7H10N4O2/c1-4-10-11-7(13-4)9-6(12)8-5-2-3-5/h5H,2-3H2,1H3,(H2,8,9,11,12). The Morgan fingerprint density at radius 2 is 2.31 bits per heavy atom. The summed E-state index contributed by atoms with van der Waals surface area (Å²) in [6, 6.07) is 0.172. The van der Waals surface area contributed by atoms with Gasteiger partial charge in [0.1, 0.15) is 0 Å². The lowest BCUT2D eigenvalue weighted by Crippen LogP contribution is -2.30. The van der Waals surface area contributed by atoms with E-state index < -0.39 is 0 Å². The van der Waals surface area contributed by atoms with Gasteiger partial charge in [-0.05, 0) is 12.8 Å². The minimum Gasteiger partial charge on any atom is -0.408 e. The van der Waals surface area contributed by atoms with Crippen LogP contribution in [0.2, 0.25) is 0 Å². The van der Waals surface area contributed by atoms with Crippen LogP contribution in [0.5, 0.6) is 0 Å². The third-order valence-corrected chi connectivity index (χ3v) is 1.66. The van der Waals surface area contributed by atoms with E-state index in [1.165, 1.54) is 0 Å². The van der Waals surface area contributed by atoms with Crippen molar-refractivity contribution in [3.8, 4) is 0 Å². The molecule has 0 aliphatic heterocycles. The zero-order valence-corrected chi connectivity index (χ0v) is 7.20. The molecule has 0 aromatic carbocycles. The van der Waals surface area contributed by atoms with Gasteiger partial charge in [-0.15, -0.1) is 5.10 Å². The quantitative estimate of drug-likeness (QED) is 0.704. The molecule has 1 fully saturated rings. The van der Waals surface area contributed by atoms with E-state index in [2.05, 4.69) is 20.8 Å². The largest absolute Gasteiger partial charge is 0.408 e. The maximum atomic E-state index is 11.1.